The summed E-state index contributed by atoms with van der Waals surface area (Å²) in [6, 6.07) is 0. The standard InChI is InChI=1S/C10H12ClN5O4/c11-4-6(18)3(1-17)20-9(4)16-2-13-5-7(16)14-10(12)15-8(5)19/h2-4,6,9,17-18H,1H2,(H3,12,14,15,19). The van der Waals surface area contributed by atoms with Crippen molar-refractivity contribution in [3.8, 4) is 0 Å². The number of aromatic amines is 1. The number of ether oxygens (including phenoxy) is 1. The van der Waals surface area contributed by atoms with Gasteiger partial charge in [-0.3, -0.25) is 14.3 Å². The fourth-order valence-electron chi connectivity index (χ4n) is 2.21. The van der Waals surface area contributed by atoms with Gasteiger partial charge in [-0.25, -0.2) is 4.98 Å². The number of imidazole rings is 1. The zero-order valence-electron chi connectivity index (χ0n) is 10.1. The van der Waals surface area contributed by atoms with Crippen molar-refractivity contribution in [2.75, 3.05) is 12.3 Å². The lowest BCUT2D eigenvalue weighted by Crippen LogP contribution is -2.29. The fourth-order valence-corrected chi connectivity index (χ4v) is 2.55. The Balaban J connectivity index is 2.09. The summed E-state index contributed by atoms with van der Waals surface area (Å²) >= 11 is 6.09. The molecule has 108 valence electrons. The van der Waals surface area contributed by atoms with E-state index in [9.17, 15) is 9.90 Å². The number of alkyl halides is 1. The first-order valence-electron chi connectivity index (χ1n) is 5.83. The maximum atomic E-state index is 11.7. The minimum Gasteiger partial charge on any atom is -0.394 e. The first-order chi connectivity index (χ1) is 9.52. The van der Waals surface area contributed by atoms with E-state index >= 15 is 0 Å². The van der Waals surface area contributed by atoms with E-state index < -0.39 is 29.4 Å². The SMILES string of the molecule is Nc1nc2c(ncn2C2OC(CO)C(O)C2Cl)c(=O)[nH]1. The third-order valence-electron chi connectivity index (χ3n) is 3.20. The second-order valence-corrected chi connectivity index (χ2v) is 4.96. The summed E-state index contributed by atoms with van der Waals surface area (Å²) in [5, 5.41) is 18.1. The highest BCUT2D eigenvalue weighted by Crippen LogP contribution is 2.34. The van der Waals surface area contributed by atoms with Crippen molar-refractivity contribution in [1.29, 1.82) is 0 Å². The lowest BCUT2D eigenvalue weighted by molar-refractivity contribution is -0.0431. The van der Waals surface area contributed by atoms with E-state index in [2.05, 4.69) is 15.0 Å². The zero-order chi connectivity index (χ0) is 14.4. The molecule has 0 aliphatic carbocycles. The Hall–Kier alpha value is -1.68. The minimum absolute atomic E-state index is 0.0624. The van der Waals surface area contributed by atoms with Crippen molar-refractivity contribution < 1.29 is 14.9 Å². The summed E-state index contributed by atoms with van der Waals surface area (Å²) in [5.41, 5.74) is 5.31. The predicted octanol–water partition coefficient (Wildman–Crippen LogP) is -1.44. The molecular weight excluding hydrogens is 290 g/mol. The molecule has 0 radical (unpaired) electrons. The molecule has 0 bridgehead atoms. The molecule has 5 N–H and O–H groups in total. The minimum atomic E-state index is -1.04. The monoisotopic (exact) mass is 301 g/mol. The highest BCUT2D eigenvalue weighted by molar-refractivity contribution is 6.21. The van der Waals surface area contributed by atoms with Crippen LogP contribution in [0, 0.1) is 0 Å². The summed E-state index contributed by atoms with van der Waals surface area (Å²) in [6.45, 7) is -0.371. The van der Waals surface area contributed by atoms with E-state index in [1.807, 2.05) is 0 Å². The smallest absolute Gasteiger partial charge is 0.280 e. The molecule has 9 nitrogen and oxygen atoms in total. The van der Waals surface area contributed by atoms with Gasteiger partial charge in [-0.2, -0.15) is 4.98 Å². The average Bonchev–Trinajstić information content (AvgIpc) is 2.93. The molecule has 10 heteroatoms. The highest BCUT2D eigenvalue weighted by Gasteiger charge is 2.43. The number of nitrogens with zero attached hydrogens (tertiary/aromatic N) is 3. The number of aromatic nitrogens is 4. The number of rotatable bonds is 2. The Kier molecular flexibility index (Phi) is 3.13. The molecule has 1 aliphatic rings. The molecule has 1 aliphatic heterocycles. The van der Waals surface area contributed by atoms with Crippen molar-refractivity contribution >= 4 is 28.7 Å². The van der Waals surface area contributed by atoms with Gasteiger partial charge >= 0.3 is 0 Å². The van der Waals surface area contributed by atoms with E-state index in [4.69, 9.17) is 27.2 Å². The fraction of sp³-hybridized carbons (Fsp3) is 0.500. The number of nitrogens with two attached hydrogens (primary N) is 1. The van der Waals surface area contributed by atoms with Crippen LogP contribution in [0.15, 0.2) is 11.1 Å². The van der Waals surface area contributed by atoms with Gasteiger partial charge in [0.15, 0.2) is 17.4 Å². The van der Waals surface area contributed by atoms with Crippen molar-refractivity contribution in [3.63, 3.8) is 0 Å². The molecule has 3 heterocycles. The molecule has 0 saturated carbocycles. The van der Waals surface area contributed by atoms with Gasteiger partial charge in [-0.1, -0.05) is 0 Å². The maximum Gasteiger partial charge on any atom is 0.280 e. The second-order valence-electron chi connectivity index (χ2n) is 4.46. The van der Waals surface area contributed by atoms with Crippen molar-refractivity contribution in [2.24, 2.45) is 0 Å². The van der Waals surface area contributed by atoms with Crippen LogP contribution >= 0.6 is 11.6 Å². The Bertz CT molecular complexity index is 701. The van der Waals surface area contributed by atoms with Crippen LogP contribution < -0.4 is 11.3 Å². The quantitative estimate of drug-likeness (QED) is 0.498. The number of anilines is 1. The highest BCUT2D eigenvalue weighted by atomic mass is 35.5. The van der Waals surface area contributed by atoms with E-state index in [0.29, 0.717) is 0 Å². The second kappa shape index (κ2) is 4.70. The number of nitrogens with one attached hydrogen (secondary N) is 1. The number of nitrogen functional groups attached to an aromatic ring is 1. The van der Waals surface area contributed by atoms with Crippen LogP contribution in [-0.4, -0.2) is 53.9 Å². The van der Waals surface area contributed by atoms with E-state index in [1.165, 1.54) is 10.9 Å². The van der Waals surface area contributed by atoms with Gasteiger partial charge in [0.2, 0.25) is 5.95 Å². The first-order valence-corrected chi connectivity index (χ1v) is 6.27. The number of halogens is 1. The van der Waals surface area contributed by atoms with Gasteiger partial charge in [-0.15, -0.1) is 11.6 Å². The van der Waals surface area contributed by atoms with Crippen LogP contribution in [0.3, 0.4) is 0 Å². The molecule has 1 fully saturated rings. The normalized spacial score (nSPS) is 30.1. The van der Waals surface area contributed by atoms with Gasteiger partial charge in [-0.05, 0) is 0 Å². The van der Waals surface area contributed by atoms with Gasteiger partial charge < -0.3 is 20.7 Å². The molecule has 0 amide bonds. The number of aliphatic hydroxyl groups is 2. The van der Waals surface area contributed by atoms with Gasteiger partial charge in [0.1, 0.15) is 17.6 Å². The molecule has 4 unspecified atom stereocenters. The molecule has 2 aromatic rings. The lowest BCUT2D eigenvalue weighted by atomic mass is 10.2. The van der Waals surface area contributed by atoms with Crippen molar-refractivity contribution in [3.05, 3.63) is 16.7 Å². The van der Waals surface area contributed by atoms with Crippen molar-refractivity contribution in [2.45, 2.75) is 23.8 Å². The first kappa shape index (κ1) is 13.3. The van der Waals surface area contributed by atoms with E-state index in [-0.39, 0.29) is 23.7 Å². The molecular formula is C10H12ClN5O4. The molecule has 2 aromatic heterocycles. The number of hydrogen-bond donors (Lipinski definition) is 4. The zero-order valence-corrected chi connectivity index (χ0v) is 10.9. The number of hydrogen-bond acceptors (Lipinski definition) is 7. The number of fused-ring (bicyclic) bond motifs is 1. The van der Waals surface area contributed by atoms with E-state index in [1.54, 1.807) is 0 Å². The molecule has 0 spiro atoms. The summed E-state index contributed by atoms with van der Waals surface area (Å²) in [4.78, 5) is 21.9. The Morgan fingerprint density at radius 2 is 2.35 bits per heavy atom. The Morgan fingerprint density at radius 1 is 1.60 bits per heavy atom. The van der Waals surface area contributed by atoms with Crippen molar-refractivity contribution in [1.82, 2.24) is 19.5 Å². The third-order valence-corrected chi connectivity index (χ3v) is 3.67. The lowest BCUT2D eigenvalue weighted by Gasteiger charge is -2.15. The molecule has 4 atom stereocenters. The topological polar surface area (TPSA) is 139 Å². The summed E-state index contributed by atoms with van der Waals surface area (Å²) in [7, 11) is 0. The summed E-state index contributed by atoms with van der Waals surface area (Å²) in [6.07, 6.45) is -1.32. The van der Waals surface area contributed by atoms with Gasteiger partial charge in [0.05, 0.1) is 12.9 Å². The van der Waals surface area contributed by atoms with Crippen LogP contribution in [0.25, 0.3) is 11.2 Å². The van der Waals surface area contributed by atoms with Crippen LogP contribution in [0.2, 0.25) is 0 Å². The van der Waals surface area contributed by atoms with E-state index in [0.717, 1.165) is 0 Å². The Labute approximate surface area is 117 Å². The van der Waals surface area contributed by atoms with Crippen LogP contribution in [0.5, 0.6) is 0 Å². The summed E-state index contributed by atoms with van der Waals surface area (Å²) < 4.78 is 6.88. The number of H-pyrrole nitrogens is 1. The molecule has 0 aromatic carbocycles. The maximum absolute atomic E-state index is 11.7. The van der Waals surface area contributed by atoms with Crippen LogP contribution in [0.1, 0.15) is 6.23 Å². The van der Waals surface area contributed by atoms with Crippen LogP contribution in [-0.2, 0) is 4.74 Å². The van der Waals surface area contributed by atoms with Crippen LogP contribution in [0.4, 0.5) is 5.95 Å². The third kappa shape index (κ3) is 1.86. The van der Waals surface area contributed by atoms with Gasteiger partial charge in [0, 0.05) is 0 Å². The summed E-state index contributed by atoms with van der Waals surface area (Å²) in [5.74, 6) is -0.0624. The average molecular weight is 302 g/mol. The molecule has 20 heavy (non-hydrogen) atoms. The molecule has 1 saturated heterocycles. The predicted molar refractivity (Wildman–Crippen MR) is 69.2 cm³/mol. The Morgan fingerprint density at radius 3 is 3.00 bits per heavy atom. The van der Waals surface area contributed by atoms with Gasteiger partial charge in [0.25, 0.3) is 5.56 Å². The molecule has 3 rings (SSSR count). The largest absolute Gasteiger partial charge is 0.394 e. The number of aliphatic hydroxyl groups excluding tert-OH is 2.